The van der Waals surface area contributed by atoms with Crippen LogP contribution >= 0.6 is 0 Å². The van der Waals surface area contributed by atoms with Gasteiger partial charge in [0.15, 0.2) is 0 Å². The van der Waals surface area contributed by atoms with Crippen LogP contribution < -0.4 is 5.32 Å². The van der Waals surface area contributed by atoms with E-state index < -0.39 is 0 Å². The van der Waals surface area contributed by atoms with E-state index in [-0.39, 0.29) is 0 Å². The molecule has 108 valence electrons. The summed E-state index contributed by atoms with van der Waals surface area (Å²) in [7, 11) is 0. The summed E-state index contributed by atoms with van der Waals surface area (Å²) < 4.78 is 2.07. The monoisotopic (exact) mass is 274 g/mol. The Hall–Kier alpha value is -1.98. The Morgan fingerprint density at radius 1 is 1.20 bits per heavy atom. The van der Waals surface area contributed by atoms with Crippen molar-refractivity contribution in [1.82, 2.24) is 24.7 Å². The third-order valence-corrected chi connectivity index (χ3v) is 3.20. The van der Waals surface area contributed by atoms with Crippen molar-refractivity contribution in [2.24, 2.45) is 5.92 Å². The second-order valence-corrected chi connectivity index (χ2v) is 4.98. The fourth-order valence-electron chi connectivity index (χ4n) is 2.10. The molecule has 2 aromatic heterocycles. The Labute approximate surface area is 119 Å². The number of hydrogen-bond acceptors (Lipinski definition) is 5. The van der Waals surface area contributed by atoms with Crippen molar-refractivity contribution in [3.8, 4) is 0 Å². The zero-order chi connectivity index (χ0) is 14.4. The average molecular weight is 274 g/mol. The standard InChI is InChI=1S/C14H22N6/c1-4-12-13(5-2)18-19-14(17-12)16-8-11(3)9-20-7-6-15-10-20/h6-7,10-11H,4-5,8-9H2,1-3H3,(H,16,17,19). The van der Waals surface area contributed by atoms with Crippen LogP contribution in [0.2, 0.25) is 0 Å². The van der Waals surface area contributed by atoms with Gasteiger partial charge < -0.3 is 9.88 Å². The first-order chi connectivity index (χ1) is 9.72. The van der Waals surface area contributed by atoms with Gasteiger partial charge in [-0.05, 0) is 18.8 Å². The predicted octanol–water partition coefficient (Wildman–Crippen LogP) is 1.94. The number of aromatic nitrogens is 5. The van der Waals surface area contributed by atoms with Gasteiger partial charge in [-0.15, -0.1) is 5.10 Å². The lowest BCUT2D eigenvalue weighted by atomic mass is 10.2. The minimum Gasteiger partial charge on any atom is -0.353 e. The highest BCUT2D eigenvalue weighted by atomic mass is 15.2. The number of aryl methyl sites for hydroxylation is 2. The van der Waals surface area contributed by atoms with Gasteiger partial charge in [0.2, 0.25) is 5.95 Å². The zero-order valence-corrected chi connectivity index (χ0v) is 12.4. The second-order valence-electron chi connectivity index (χ2n) is 4.98. The first-order valence-corrected chi connectivity index (χ1v) is 7.15. The van der Waals surface area contributed by atoms with Gasteiger partial charge in [0.1, 0.15) is 0 Å². The largest absolute Gasteiger partial charge is 0.353 e. The van der Waals surface area contributed by atoms with E-state index in [9.17, 15) is 0 Å². The summed E-state index contributed by atoms with van der Waals surface area (Å²) in [6.45, 7) is 8.09. The second kappa shape index (κ2) is 6.98. The molecule has 6 nitrogen and oxygen atoms in total. The Morgan fingerprint density at radius 3 is 2.65 bits per heavy atom. The zero-order valence-electron chi connectivity index (χ0n) is 12.4. The van der Waals surface area contributed by atoms with Crippen molar-refractivity contribution in [3.05, 3.63) is 30.1 Å². The molecule has 0 saturated heterocycles. The lowest BCUT2D eigenvalue weighted by molar-refractivity contribution is 0.501. The molecular formula is C14H22N6. The van der Waals surface area contributed by atoms with Gasteiger partial charge in [0, 0.05) is 25.5 Å². The normalized spacial score (nSPS) is 12.3. The Morgan fingerprint density at radius 2 is 2.00 bits per heavy atom. The number of nitrogens with zero attached hydrogens (tertiary/aromatic N) is 5. The van der Waals surface area contributed by atoms with Crippen molar-refractivity contribution in [2.75, 3.05) is 11.9 Å². The van der Waals surface area contributed by atoms with Gasteiger partial charge in [-0.1, -0.05) is 20.8 Å². The molecule has 6 heteroatoms. The number of rotatable bonds is 7. The summed E-state index contributed by atoms with van der Waals surface area (Å²) in [5.74, 6) is 1.08. The lowest BCUT2D eigenvalue weighted by Crippen LogP contribution is -2.18. The first-order valence-electron chi connectivity index (χ1n) is 7.15. The van der Waals surface area contributed by atoms with Crippen molar-refractivity contribution in [2.45, 2.75) is 40.2 Å². The summed E-state index contributed by atoms with van der Waals surface area (Å²) in [5, 5.41) is 11.6. The molecule has 0 bridgehead atoms. The molecular weight excluding hydrogens is 252 g/mol. The summed E-state index contributed by atoms with van der Waals surface area (Å²) in [4.78, 5) is 8.57. The molecule has 1 atom stereocenters. The molecule has 0 aliphatic rings. The van der Waals surface area contributed by atoms with Crippen molar-refractivity contribution in [1.29, 1.82) is 0 Å². The molecule has 0 aliphatic carbocycles. The summed E-state index contributed by atoms with van der Waals surface area (Å²) in [6, 6.07) is 0. The van der Waals surface area contributed by atoms with Crippen molar-refractivity contribution < 1.29 is 0 Å². The predicted molar refractivity (Wildman–Crippen MR) is 78.5 cm³/mol. The van der Waals surface area contributed by atoms with E-state index in [0.29, 0.717) is 11.9 Å². The molecule has 1 N–H and O–H groups in total. The van der Waals surface area contributed by atoms with E-state index in [1.165, 1.54) is 0 Å². The van der Waals surface area contributed by atoms with Crippen LogP contribution in [0.5, 0.6) is 0 Å². The van der Waals surface area contributed by atoms with Gasteiger partial charge in [-0.3, -0.25) is 0 Å². The minimum atomic E-state index is 0.462. The molecule has 2 rings (SSSR count). The van der Waals surface area contributed by atoms with Gasteiger partial charge in [-0.25, -0.2) is 9.97 Å². The third-order valence-electron chi connectivity index (χ3n) is 3.20. The molecule has 20 heavy (non-hydrogen) atoms. The maximum atomic E-state index is 4.53. The number of imidazole rings is 1. The molecule has 0 spiro atoms. The SMILES string of the molecule is CCc1nnc(NCC(C)Cn2ccnc2)nc1CC. The molecule has 2 aromatic rings. The maximum absolute atomic E-state index is 4.53. The fraction of sp³-hybridized carbons (Fsp3) is 0.571. The molecule has 0 radical (unpaired) electrons. The highest BCUT2D eigenvalue weighted by molar-refractivity contribution is 5.25. The Balaban J connectivity index is 1.90. The lowest BCUT2D eigenvalue weighted by Gasteiger charge is -2.13. The maximum Gasteiger partial charge on any atom is 0.242 e. The van der Waals surface area contributed by atoms with E-state index in [4.69, 9.17) is 0 Å². The molecule has 2 heterocycles. The molecule has 0 fully saturated rings. The minimum absolute atomic E-state index is 0.462. The smallest absolute Gasteiger partial charge is 0.242 e. The van der Waals surface area contributed by atoms with Crippen molar-refractivity contribution in [3.63, 3.8) is 0 Å². The van der Waals surface area contributed by atoms with E-state index in [2.05, 4.69) is 50.8 Å². The van der Waals surface area contributed by atoms with Crippen LogP contribution in [0, 0.1) is 5.92 Å². The van der Waals surface area contributed by atoms with Crippen LogP contribution in [0.25, 0.3) is 0 Å². The topological polar surface area (TPSA) is 68.5 Å². The highest BCUT2D eigenvalue weighted by Gasteiger charge is 2.08. The van der Waals surface area contributed by atoms with E-state index in [1.807, 2.05) is 12.5 Å². The summed E-state index contributed by atoms with van der Waals surface area (Å²) in [6.07, 6.45) is 7.36. The highest BCUT2D eigenvalue weighted by Crippen LogP contribution is 2.08. The molecule has 1 unspecified atom stereocenters. The third kappa shape index (κ3) is 3.76. The van der Waals surface area contributed by atoms with Gasteiger partial charge in [0.25, 0.3) is 0 Å². The number of hydrogen-bond donors (Lipinski definition) is 1. The van der Waals surface area contributed by atoms with Crippen LogP contribution in [-0.4, -0.2) is 31.3 Å². The van der Waals surface area contributed by atoms with Crippen LogP contribution in [-0.2, 0) is 19.4 Å². The molecule has 0 aliphatic heterocycles. The van der Waals surface area contributed by atoms with Gasteiger partial charge in [0.05, 0.1) is 17.7 Å². The number of anilines is 1. The summed E-state index contributed by atoms with van der Waals surface area (Å²) in [5.41, 5.74) is 2.02. The van der Waals surface area contributed by atoms with Crippen LogP contribution in [0.1, 0.15) is 32.2 Å². The summed E-state index contributed by atoms with van der Waals surface area (Å²) >= 11 is 0. The molecule has 0 amide bonds. The van der Waals surface area contributed by atoms with Crippen LogP contribution in [0.3, 0.4) is 0 Å². The van der Waals surface area contributed by atoms with E-state index in [0.717, 1.165) is 37.3 Å². The van der Waals surface area contributed by atoms with Crippen LogP contribution in [0.15, 0.2) is 18.7 Å². The van der Waals surface area contributed by atoms with Crippen molar-refractivity contribution >= 4 is 5.95 Å². The van der Waals surface area contributed by atoms with E-state index >= 15 is 0 Å². The van der Waals surface area contributed by atoms with Gasteiger partial charge >= 0.3 is 0 Å². The van der Waals surface area contributed by atoms with E-state index in [1.54, 1.807) is 6.20 Å². The molecule has 0 saturated carbocycles. The fourth-order valence-corrected chi connectivity index (χ4v) is 2.10. The Kier molecular flexibility index (Phi) is 5.03. The quantitative estimate of drug-likeness (QED) is 0.835. The Bertz CT molecular complexity index is 522. The first kappa shape index (κ1) is 14.4. The van der Waals surface area contributed by atoms with Crippen LogP contribution in [0.4, 0.5) is 5.95 Å². The number of nitrogens with one attached hydrogen (secondary N) is 1. The molecule has 0 aromatic carbocycles. The average Bonchev–Trinajstić information content (AvgIpc) is 2.97. The van der Waals surface area contributed by atoms with Gasteiger partial charge in [-0.2, -0.15) is 5.10 Å².